The van der Waals surface area contributed by atoms with Crippen molar-refractivity contribution < 1.29 is 8.42 Å². The molecule has 106 valence electrons. The fraction of sp³-hybridized carbons (Fsp3) is 0.583. The average Bonchev–Trinajstić information content (AvgIpc) is 2.75. The zero-order valence-corrected chi connectivity index (χ0v) is 12.7. The van der Waals surface area contributed by atoms with Crippen LogP contribution in [0.25, 0.3) is 0 Å². The minimum absolute atomic E-state index is 0.0746. The highest BCUT2D eigenvalue weighted by Crippen LogP contribution is 2.24. The molecule has 0 amide bonds. The summed E-state index contributed by atoms with van der Waals surface area (Å²) in [4.78, 5) is 6.12. The molecule has 2 heterocycles. The van der Waals surface area contributed by atoms with Gasteiger partial charge in [0.1, 0.15) is 4.90 Å². The number of hydrogen-bond acceptors (Lipinski definition) is 4. The first-order valence-electron chi connectivity index (χ1n) is 6.15. The number of rotatable bonds is 4. The Bertz CT molecular complexity index is 550. The van der Waals surface area contributed by atoms with Crippen LogP contribution in [0.5, 0.6) is 0 Å². The van der Waals surface area contributed by atoms with Crippen LogP contribution in [-0.4, -0.2) is 56.3 Å². The van der Waals surface area contributed by atoms with Gasteiger partial charge in [-0.15, -0.1) is 0 Å². The van der Waals surface area contributed by atoms with Crippen LogP contribution in [0.15, 0.2) is 23.4 Å². The largest absolute Gasteiger partial charge is 0.306 e. The van der Waals surface area contributed by atoms with Crippen molar-refractivity contribution in [2.24, 2.45) is 5.92 Å². The molecule has 0 bridgehead atoms. The van der Waals surface area contributed by atoms with Crippen molar-refractivity contribution in [3.05, 3.63) is 23.5 Å². The molecule has 0 saturated carbocycles. The van der Waals surface area contributed by atoms with E-state index < -0.39 is 10.0 Å². The van der Waals surface area contributed by atoms with Gasteiger partial charge in [0.15, 0.2) is 0 Å². The van der Waals surface area contributed by atoms with E-state index in [4.69, 9.17) is 11.6 Å². The van der Waals surface area contributed by atoms with Crippen LogP contribution < -0.4 is 0 Å². The molecule has 5 nitrogen and oxygen atoms in total. The molecule has 0 spiro atoms. The molecule has 1 aromatic heterocycles. The zero-order chi connectivity index (χ0) is 14.0. The van der Waals surface area contributed by atoms with Gasteiger partial charge in [-0.25, -0.2) is 12.7 Å². The van der Waals surface area contributed by atoms with E-state index in [1.807, 2.05) is 7.05 Å². The normalized spacial score (nSPS) is 21.2. The summed E-state index contributed by atoms with van der Waals surface area (Å²) in [7, 11) is 0.0881. The topological polar surface area (TPSA) is 53.5 Å². The van der Waals surface area contributed by atoms with Gasteiger partial charge in [-0.05, 0) is 32.0 Å². The van der Waals surface area contributed by atoms with Gasteiger partial charge < -0.3 is 4.90 Å². The molecular weight excluding hydrogens is 286 g/mol. The second kappa shape index (κ2) is 5.75. The summed E-state index contributed by atoms with van der Waals surface area (Å²) in [6.45, 7) is 2.46. The van der Waals surface area contributed by atoms with Crippen molar-refractivity contribution in [2.45, 2.75) is 11.3 Å². The summed E-state index contributed by atoms with van der Waals surface area (Å²) in [5.41, 5.74) is 0. The van der Waals surface area contributed by atoms with Gasteiger partial charge in [0.05, 0.1) is 5.02 Å². The van der Waals surface area contributed by atoms with Crippen molar-refractivity contribution in [1.82, 2.24) is 14.2 Å². The number of likely N-dealkylation sites (tertiary alicyclic amines) is 1. The summed E-state index contributed by atoms with van der Waals surface area (Å²) < 4.78 is 26.2. The molecule has 0 N–H and O–H groups in total. The highest BCUT2D eigenvalue weighted by atomic mass is 35.5. The van der Waals surface area contributed by atoms with E-state index in [0.29, 0.717) is 12.5 Å². The van der Waals surface area contributed by atoms with Gasteiger partial charge in [-0.1, -0.05) is 11.6 Å². The lowest BCUT2D eigenvalue weighted by atomic mass is 10.1. The van der Waals surface area contributed by atoms with Crippen molar-refractivity contribution >= 4 is 21.6 Å². The Hall–Kier alpha value is -0.690. The molecule has 0 aliphatic carbocycles. The Morgan fingerprint density at radius 2 is 2.32 bits per heavy atom. The average molecular weight is 304 g/mol. The van der Waals surface area contributed by atoms with Crippen LogP contribution >= 0.6 is 11.6 Å². The summed E-state index contributed by atoms with van der Waals surface area (Å²) in [5.74, 6) is 0.375. The van der Waals surface area contributed by atoms with Crippen LogP contribution in [0.2, 0.25) is 5.02 Å². The van der Waals surface area contributed by atoms with Crippen molar-refractivity contribution in [3.8, 4) is 0 Å². The highest BCUT2D eigenvalue weighted by molar-refractivity contribution is 7.89. The maximum absolute atomic E-state index is 12.4. The van der Waals surface area contributed by atoms with Crippen LogP contribution in [0.3, 0.4) is 0 Å². The first-order chi connectivity index (χ1) is 8.91. The van der Waals surface area contributed by atoms with E-state index in [0.717, 1.165) is 19.5 Å². The molecular formula is C12H18ClN3O2S. The molecule has 7 heteroatoms. The Kier molecular flexibility index (Phi) is 4.45. The molecule has 1 fully saturated rings. The van der Waals surface area contributed by atoms with Gasteiger partial charge in [0, 0.05) is 32.5 Å². The highest BCUT2D eigenvalue weighted by Gasteiger charge is 2.28. The maximum atomic E-state index is 12.4. The maximum Gasteiger partial charge on any atom is 0.245 e. The number of hydrogen-bond donors (Lipinski definition) is 0. The molecule has 0 aromatic carbocycles. The van der Waals surface area contributed by atoms with E-state index >= 15 is 0 Å². The molecule has 1 aliphatic heterocycles. The summed E-state index contributed by atoms with van der Waals surface area (Å²) in [6.07, 6.45) is 3.80. The monoisotopic (exact) mass is 303 g/mol. The van der Waals surface area contributed by atoms with Gasteiger partial charge in [0.25, 0.3) is 0 Å². The third kappa shape index (κ3) is 3.25. The number of sulfonamides is 1. The number of halogens is 1. The second-order valence-corrected chi connectivity index (χ2v) is 7.43. The van der Waals surface area contributed by atoms with Crippen LogP contribution in [0, 0.1) is 5.92 Å². The molecule has 1 unspecified atom stereocenters. The smallest absolute Gasteiger partial charge is 0.245 e. The molecule has 1 aliphatic rings. The summed E-state index contributed by atoms with van der Waals surface area (Å²) >= 11 is 5.94. The van der Waals surface area contributed by atoms with Crippen LogP contribution in [0.4, 0.5) is 0 Å². The summed E-state index contributed by atoms with van der Waals surface area (Å²) in [6, 6.07) is 1.49. The quantitative estimate of drug-likeness (QED) is 0.841. The first-order valence-corrected chi connectivity index (χ1v) is 7.97. The predicted octanol–water partition coefficient (Wildman–Crippen LogP) is 1.31. The van der Waals surface area contributed by atoms with Crippen molar-refractivity contribution in [1.29, 1.82) is 0 Å². The number of pyridine rings is 1. The molecule has 1 saturated heterocycles. The third-order valence-corrected chi connectivity index (χ3v) is 5.72. The van der Waals surface area contributed by atoms with Gasteiger partial charge in [-0.2, -0.15) is 0 Å². The molecule has 1 aromatic rings. The van der Waals surface area contributed by atoms with E-state index in [-0.39, 0.29) is 9.92 Å². The number of nitrogens with zero attached hydrogens (tertiary/aromatic N) is 3. The van der Waals surface area contributed by atoms with E-state index in [2.05, 4.69) is 9.88 Å². The Balaban J connectivity index is 2.14. The lowest BCUT2D eigenvalue weighted by Gasteiger charge is -2.21. The van der Waals surface area contributed by atoms with Gasteiger partial charge >= 0.3 is 0 Å². The van der Waals surface area contributed by atoms with Crippen LogP contribution in [-0.2, 0) is 10.0 Å². The second-order valence-electron chi connectivity index (χ2n) is 5.01. The third-order valence-electron chi connectivity index (χ3n) is 3.43. The minimum atomic E-state index is -3.55. The van der Waals surface area contributed by atoms with E-state index in [1.54, 1.807) is 7.05 Å². The van der Waals surface area contributed by atoms with Gasteiger partial charge in [-0.3, -0.25) is 4.98 Å². The molecule has 0 radical (unpaired) electrons. The van der Waals surface area contributed by atoms with Gasteiger partial charge in [0.2, 0.25) is 10.0 Å². The Morgan fingerprint density at radius 3 is 2.89 bits per heavy atom. The van der Waals surface area contributed by atoms with Crippen molar-refractivity contribution in [3.63, 3.8) is 0 Å². The minimum Gasteiger partial charge on any atom is -0.306 e. The lowest BCUT2D eigenvalue weighted by molar-refractivity contribution is 0.356. The zero-order valence-electron chi connectivity index (χ0n) is 11.1. The van der Waals surface area contributed by atoms with E-state index in [9.17, 15) is 8.42 Å². The van der Waals surface area contributed by atoms with Crippen molar-refractivity contribution in [2.75, 3.05) is 33.7 Å². The fourth-order valence-electron chi connectivity index (χ4n) is 2.36. The Morgan fingerprint density at radius 1 is 1.58 bits per heavy atom. The SMILES string of the molecule is CN1CCC(CN(C)S(=O)(=O)c2cnccc2Cl)C1. The van der Waals surface area contributed by atoms with E-state index in [1.165, 1.54) is 22.8 Å². The standard InChI is InChI=1S/C12H18ClN3O2S/c1-15-6-4-10(8-15)9-16(2)19(17,18)12-7-14-5-3-11(12)13/h3,5,7,10H,4,6,8-9H2,1-2H3. The molecule has 1 atom stereocenters. The summed E-state index contributed by atoms with van der Waals surface area (Å²) in [5, 5.41) is 0.213. The predicted molar refractivity (Wildman–Crippen MR) is 74.7 cm³/mol. The molecule has 2 rings (SSSR count). The first kappa shape index (κ1) is 14.7. The molecule has 19 heavy (non-hydrogen) atoms. The fourth-order valence-corrected chi connectivity index (χ4v) is 4.01. The van der Waals surface area contributed by atoms with Crippen LogP contribution in [0.1, 0.15) is 6.42 Å². The number of aromatic nitrogens is 1. The Labute approximate surface area is 119 Å². The lowest BCUT2D eigenvalue weighted by Crippen LogP contribution is -2.33.